The summed E-state index contributed by atoms with van der Waals surface area (Å²) in [5.74, 6) is 1.88. The minimum Gasteiger partial charge on any atom is -0.357 e. The Morgan fingerprint density at radius 3 is 2.63 bits per heavy atom. The summed E-state index contributed by atoms with van der Waals surface area (Å²) in [5, 5.41) is 15.9. The van der Waals surface area contributed by atoms with E-state index in [1.807, 2.05) is 42.5 Å². The lowest BCUT2D eigenvalue weighted by atomic mass is 9.95. The van der Waals surface area contributed by atoms with Crippen molar-refractivity contribution in [3.63, 3.8) is 0 Å². The second-order valence-electron chi connectivity index (χ2n) is 6.71. The molecule has 1 aliphatic rings. The molecule has 1 saturated heterocycles. The smallest absolute Gasteiger partial charge is 0.343 e. The highest BCUT2D eigenvalue weighted by Crippen LogP contribution is 2.28. The minimum atomic E-state index is -0.167. The third-order valence-corrected chi connectivity index (χ3v) is 5.00. The molecule has 0 saturated carbocycles. The van der Waals surface area contributed by atoms with Gasteiger partial charge in [-0.05, 0) is 30.5 Å². The van der Waals surface area contributed by atoms with E-state index in [4.69, 9.17) is 5.26 Å². The van der Waals surface area contributed by atoms with Gasteiger partial charge in [0.15, 0.2) is 0 Å². The third-order valence-electron chi connectivity index (χ3n) is 5.00. The highest BCUT2D eigenvalue weighted by atomic mass is 16.1. The van der Waals surface area contributed by atoms with E-state index in [2.05, 4.69) is 26.2 Å². The van der Waals surface area contributed by atoms with Gasteiger partial charge in [0.2, 0.25) is 0 Å². The molecule has 1 aromatic carbocycles. The van der Waals surface area contributed by atoms with Crippen LogP contribution in [0.4, 0.5) is 5.82 Å². The van der Waals surface area contributed by atoms with Crippen molar-refractivity contribution in [2.24, 2.45) is 0 Å². The van der Waals surface area contributed by atoms with Crippen LogP contribution in [0.5, 0.6) is 0 Å². The molecule has 1 N–H and O–H groups in total. The van der Waals surface area contributed by atoms with Crippen LogP contribution in [0.15, 0.2) is 53.3 Å². The number of aromatic amines is 1. The zero-order chi connectivity index (χ0) is 18.6. The number of piperidine rings is 1. The van der Waals surface area contributed by atoms with Gasteiger partial charge < -0.3 is 4.90 Å². The molecule has 0 aliphatic carbocycles. The maximum absolute atomic E-state index is 12.2. The third kappa shape index (κ3) is 3.60. The van der Waals surface area contributed by atoms with E-state index in [0.717, 1.165) is 43.1 Å². The largest absolute Gasteiger partial charge is 0.357 e. The number of pyridine rings is 1. The molecule has 0 atom stereocenters. The van der Waals surface area contributed by atoms with Crippen LogP contribution in [-0.4, -0.2) is 32.8 Å². The second-order valence-corrected chi connectivity index (χ2v) is 6.71. The van der Waals surface area contributed by atoms with Crippen molar-refractivity contribution < 1.29 is 0 Å². The fourth-order valence-corrected chi connectivity index (χ4v) is 3.59. The summed E-state index contributed by atoms with van der Waals surface area (Å²) in [6.07, 6.45) is 1.77. The summed E-state index contributed by atoms with van der Waals surface area (Å²) >= 11 is 0. The van der Waals surface area contributed by atoms with Gasteiger partial charge in [-0.15, -0.1) is 0 Å². The Kier molecular flexibility index (Phi) is 4.71. The number of nitrogens with zero attached hydrogens (tertiary/aromatic N) is 5. The lowest BCUT2D eigenvalue weighted by molar-refractivity contribution is 0.466. The van der Waals surface area contributed by atoms with Crippen molar-refractivity contribution in [1.29, 1.82) is 5.26 Å². The Bertz CT molecular complexity index is 1010. The van der Waals surface area contributed by atoms with Crippen LogP contribution in [0.25, 0.3) is 0 Å². The van der Waals surface area contributed by atoms with Gasteiger partial charge in [-0.25, -0.2) is 14.9 Å². The van der Waals surface area contributed by atoms with Crippen molar-refractivity contribution in [2.75, 3.05) is 18.0 Å². The molecule has 7 heteroatoms. The Labute approximate surface area is 156 Å². The van der Waals surface area contributed by atoms with Gasteiger partial charge in [0, 0.05) is 19.0 Å². The number of hydrogen-bond donors (Lipinski definition) is 1. The van der Waals surface area contributed by atoms with Gasteiger partial charge in [0.25, 0.3) is 0 Å². The second kappa shape index (κ2) is 7.46. The van der Waals surface area contributed by atoms with Gasteiger partial charge in [-0.2, -0.15) is 10.4 Å². The first kappa shape index (κ1) is 17.0. The molecule has 1 aliphatic heterocycles. The minimum absolute atomic E-state index is 0.167. The van der Waals surface area contributed by atoms with E-state index in [1.165, 1.54) is 0 Å². The number of nitriles is 1. The van der Waals surface area contributed by atoms with E-state index in [0.29, 0.717) is 12.2 Å². The number of nitrogens with one attached hydrogen (secondary N) is 1. The van der Waals surface area contributed by atoms with Gasteiger partial charge in [-0.1, -0.05) is 36.4 Å². The Balaban J connectivity index is 1.49. The van der Waals surface area contributed by atoms with Crippen LogP contribution < -0.4 is 10.6 Å². The zero-order valence-corrected chi connectivity index (χ0v) is 14.9. The van der Waals surface area contributed by atoms with Crippen LogP contribution in [0, 0.1) is 11.3 Å². The van der Waals surface area contributed by atoms with Gasteiger partial charge in [0.05, 0.1) is 6.54 Å². The summed E-state index contributed by atoms with van der Waals surface area (Å²) in [7, 11) is 0. The molecule has 0 unspecified atom stereocenters. The number of benzene rings is 1. The number of anilines is 1. The van der Waals surface area contributed by atoms with Crippen molar-refractivity contribution >= 4 is 5.82 Å². The Morgan fingerprint density at radius 2 is 1.89 bits per heavy atom. The average Bonchev–Trinajstić information content (AvgIpc) is 3.09. The molecule has 1 fully saturated rings. The van der Waals surface area contributed by atoms with Crippen molar-refractivity contribution in [3.8, 4) is 6.07 Å². The SMILES string of the molecule is N#Cc1cccc(N2CCC(c3n[nH]c(=O)n3Cc3ccccc3)CC2)n1. The topological polar surface area (TPSA) is 90.6 Å². The van der Waals surface area contributed by atoms with Gasteiger partial charge in [0.1, 0.15) is 23.4 Å². The van der Waals surface area contributed by atoms with E-state index >= 15 is 0 Å². The normalized spacial score (nSPS) is 14.9. The summed E-state index contributed by atoms with van der Waals surface area (Å²) in [4.78, 5) is 18.8. The summed E-state index contributed by atoms with van der Waals surface area (Å²) < 4.78 is 1.74. The summed E-state index contributed by atoms with van der Waals surface area (Å²) in [6, 6.07) is 17.5. The lowest BCUT2D eigenvalue weighted by Crippen LogP contribution is -2.35. The molecule has 0 bridgehead atoms. The Morgan fingerprint density at radius 1 is 1.11 bits per heavy atom. The zero-order valence-electron chi connectivity index (χ0n) is 14.9. The molecule has 7 nitrogen and oxygen atoms in total. The molecule has 27 heavy (non-hydrogen) atoms. The van der Waals surface area contributed by atoms with Gasteiger partial charge >= 0.3 is 5.69 Å². The quantitative estimate of drug-likeness (QED) is 0.771. The Hall–Kier alpha value is -3.40. The molecule has 136 valence electrons. The molecule has 0 amide bonds. The van der Waals surface area contributed by atoms with E-state index in [-0.39, 0.29) is 11.6 Å². The molecule has 0 spiro atoms. The van der Waals surface area contributed by atoms with Crippen LogP contribution in [0.3, 0.4) is 0 Å². The highest BCUT2D eigenvalue weighted by molar-refractivity contribution is 5.42. The first-order chi connectivity index (χ1) is 13.2. The highest BCUT2D eigenvalue weighted by Gasteiger charge is 2.26. The predicted molar refractivity (Wildman–Crippen MR) is 102 cm³/mol. The van der Waals surface area contributed by atoms with E-state index in [9.17, 15) is 4.79 Å². The molecule has 3 heterocycles. The predicted octanol–water partition coefficient (Wildman–Crippen LogP) is 2.27. The van der Waals surface area contributed by atoms with Crippen molar-refractivity contribution in [1.82, 2.24) is 19.7 Å². The molecule has 0 radical (unpaired) electrons. The average molecular weight is 360 g/mol. The molecular weight excluding hydrogens is 340 g/mol. The molecule has 4 rings (SSSR count). The maximum atomic E-state index is 12.2. The van der Waals surface area contributed by atoms with E-state index < -0.39 is 0 Å². The van der Waals surface area contributed by atoms with Crippen LogP contribution >= 0.6 is 0 Å². The number of rotatable bonds is 4. The summed E-state index contributed by atoms with van der Waals surface area (Å²) in [6.45, 7) is 2.16. The lowest BCUT2D eigenvalue weighted by Gasteiger charge is -2.32. The first-order valence-corrected chi connectivity index (χ1v) is 9.06. The first-order valence-electron chi connectivity index (χ1n) is 9.06. The van der Waals surface area contributed by atoms with Crippen molar-refractivity contribution in [3.05, 3.63) is 76.1 Å². The molecular formula is C20H20N6O. The van der Waals surface area contributed by atoms with Crippen LogP contribution in [0.1, 0.15) is 35.8 Å². The molecule has 2 aromatic heterocycles. The van der Waals surface area contributed by atoms with Crippen LogP contribution in [0.2, 0.25) is 0 Å². The number of H-pyrrole nitrogens is 1. The summed E-state index contributed by atoms with van der Waals surface area (Å²) in [5.41, 5.74) is 1.34. The van der Waals surface area contributed by atoms with Crippen LogP contribution in [-0.2, 0) is 6.54 Å². The fourth-order valence-electron chi connectivity index (χ4n) is 3.59. The maximum Gasteiger partial charge on any atom is 0.343 e. The van der Waals surface area contributed by atoms with Gasteiger partial charge in [-0.3, -0.25) is 4.57 Å². The number of hydrogen-bond acceptors (Lipinski definition) is 5. The van der Waals surface area contributed by atoms with Crippen molar-refractivity contribution in [2.45, 2.75) is 25.3 Å². The fraction of sp³-hybridized carbons (Fsp3) is 0.300. The standard InChI is InChI=1S/C20H20N6O/c21-13-17-7-4-8-18(22-17)25-11-9-16(10-12-25)19-23-24-20(27)26(19)14-15-5-2-1-3-6-15/h1-8,16H,9-12,14H2,(H,24,27). The molecule has 3 aromatic rings. The monoisotopic (exact) mass is 360 g/mol. The number of aromatic nitrogens is 4. The van der Waals surface area contributed by atoms with E-state index in [1.54, 1.807) is 10.6 Å².